The summed E-state index contributed by atoms with van der Waals surface area (Å²) in [4.78, 5) is 24.9. The number of imidazole rings is 1. The van der Waals surface area contributed by atoms with Crippen LogP contribution in [0.2, 0.25) is 0 Å². The molecule has 0 unspecified atom stereocenters. The van der Waals surface area contributed by atoms with E-state index in [4.69, 9.17) is 5.73 Å². The van der Waals surface area contributed by atoms with Crippen molar-refractivity contribution in [3.8, 4) is 0 Å². The Hall–Kier alpha value is -2.88. The standard InChI is InChI=1S/C17H23N7O2S/c1-5-23-12-7-9(3)11(8-13(12)24(6-2)17(23)26)20-16(25)19-10(4)14-21-22-15(18)27-14/h7-8,10H,5-6H2,1-4H3,(H2,18,22)(H2,19,20,25)/t10-/m0/s1. The van der Waals surface area contributed by atoms with Gasteiger partial charge >= 0.3 is 11.7 Å². The molecule has 10 heteroatoms. The summed E-state index contributed by atoms with van der Waals surface area (Å²) in [5.74, 6) is 0. The molecule has 144 valence electrons. The average molecular weight is 389 g/mol. The Morgan fingerprint density at radius 2 is 1.85 bits per heavy atom. The van der Waals surface area contributed by atoms with Crippen molar-refractivity contribution >= 4 is 39.2 Å². The highest BCUT2D eigenvalue weighted by Crippen LogP contribution is 2.24. The minimum Gasteiger partial charge on any atom is -0.374 e. The van der Waals surface area contributed by atoms with E-state index < -0.39 is 0 Å². The number of nitrogens with two attached hydrogens (primary N) is 1. The van der Waals surface area contributed by atoms with E-state index in [9.17, 15) is 9.59 Å². The molecule has 0 aliphatic carbocycles. The van der Waals surface area contributed by atoms with Crippen LogP contribution < -0.4 is 22.1 Å². The molecule has 0 aliphatic rings. The number of nitrogen functional groups attached to an aromatic ring is 1. The second-order valence-corrected chi connectivity index (χ2v) is 7.27. The molecule has 0 saturated heterocycles. The van der Waals surface area contributed by atoms with Crippen molar-refractivity contribution in [1.29, 1.82) is 0 Å². The van der Waals surface area contributed by atoms with Crippen molar-refractivity contribution in [2.24, 2.45) is 0 Å². The lowest BCUT2D eigenvalue weighted by Crippen LogP contribution is -2.31. The topological polar surface area (TPSA) is 120 Å². The van der Waals surface area contributed by atoms with Crippen molar-refractivity contribution in [3.63, 3.8) is 0 Å². The predicted octanol–water partition coefficient (Wildman–Crippen LogP) is 2.47. The summed E-state index contributed by atoms with van der Waals surface area (Å²) < 4.78 is 3.44. The number of carbonyl (C=O) groups is 1. The number of hydrogen-bond donors (Lipinski definition) is 3. The summed E-state index contributed by atoms with van der Waals surface area (Å²) in [5.41, 5.74) is 8.74. The van der Waals surface area contributed by atoms with Crippen LogP contribution in [-0.2, 0) is 13.1 Å². The van der Waals surface area contributed by atoms with E-state index in [-0.39, 0.29) is 17.8 Å². The van der Waals surface area contributed by atoms with Gasteiger partial charge in [-0.2, -0.15) is 0 Å². The first-order valence-corrected chi connectivity index (χ1v) is 9.57. The van der Waals surface area contributed by atoms with Crippen LogP contribution >= 0.6 is 11.3 Å². The van der Waals surface area contributed by atoms with E-state index in [1.54, 1.807) is 9.13 Å². The molecule has 1 aromatic carbocycles. The quantitative estimate of drug-likeness (QED) is 0.619. The Balaban J connectivity index is 1.87. The van der Waals surface area contributed by atoms with E-state index in [0.717, 1.165) is 16.6 Å². The normalized spacial score (nSPS) is 12.3. The van der Waals surface area contributed by atoms with E-state index >= 15 is 0 Å². The number of nitrogens with one attached hydrogen (secondary N) is 2. The molecule has 4 N–H and O–H groups in total. The molecule has 9 nitrogen and oxygen atoms in total. The zero-order chi connectivity index (χ0) is 19.7. The van der Waals surface area contributed by atoms with Crippen molar-refractivity contribution in [3.05, 3.63) is 33.2 Å². The highest BCUT2D eigenvalue weighted by molar-refractivity contribution is 7.15. The Labute approximate surface area is 160 Å². The van der Waals surface area contributed by atoms with Crippen LogP contribution in [0.15, 0.2) is 16.9 Å². The fourth-order valence-corrected chi connectivity index (χ4v) is 3.66. The SMILES string of the molecule is CCn1c(=O)n(CC)c2cc(NC(=O)N[C@@H](C)c3nnc(N)s3)c(C)cc21. The number of fused-ring (bicyclic) bond motifs is 1. The Bertz CT molecular complexity index is 1050. The van der Waals surface area contributed by atoms with Gasteiger partial charge in [0.1, 0.15) is 5.01 Å². The molecular weight excluding hydrogens is 366 g/mol. The lowest BCUT2D eigenvalue weighted by atomic mass is 10.1. The first kappa shape index (κ1) is 18.9. The van der Waals surface area contributed by atoms with Gasteiger partial charge in [-0.25, -0.2) is 9.59 Å². The summed E-state index contributed by atoms with van der Waals surface area (Å²) in [7, 11) is 0. The Kier molecular flexibility index (Phi) is 5.17. The van der Waals surface area contributed by atoms with Gasteiger partial charge in [-0.3, -0.25) is 9.13 Å². The van der Waals surface area contributed by atoms with Gasteiger partial charge in [-0.15, -0.1) is 10.2 Å². The van der Waals surface area contributed by atoms with Gasteiger partial charge < -0.3 is 16.4 Å². The molecule has 2 aromatic heterocycles. The molecule has 0 radical (unpaired) electrons. The molecule has 0 aliphatic heterocycles. The fourth-order valence-electron chi connectivity index (χ4n) is 3.05. The zero-order valence-electron chi connectivity index (χ0n) is 15.7. The molecule has 2 amide bonds. The molecule has 0 spiro atoms. The number of carbonyl (C=O) groups excluding carboxylic acids is 1. The van der Waals surface area contributed by atoms with Gasteiger partial charge in [0.2, 0.25) is 5.13 Å². The minimum atomic E-state index is -0.362. The number of anilines is 2. The van der Waals surface area contributed by atoms with Gasteiger partial charge in [0.05, 0.1) is 17.1 Å². The number of rotatable bonds is 5. The summed E-state index contributed by atoms with van der Waals surface area (Å²) in [5, 5.41) is 14.4. The Morgan fingerprint density at radius 3 is 2.41 bits per heavy atom. The second-order valence-electron chi connectivity index (χ2n) is 6.23. The van der Waals surface area contributed by atoms with Gasteiger partial charge in [0.25, 0.3) is 0 Å². The smallest absolute Gasteiger partial charge is 0.329 e. The van der Waals surface area contributed by atoms with Gasteiger partial charge in [0, 0.05) is 18.8 Å². The van der Waals surface area contributed by atoms with Crippen LogP contribution in [0.5, 0.6) is 0 Å². The second kappa shape index (κ2) is 7.39. The maximum absolute atomic E-state index is 12.5. The van der Waals surface area contributed by atoms with Crippen LogP contribution in [-0.4, -0.2) is 25.4 Å². The number of amides is 2. The molecule has 0 fully saturated rings. The zero-order valence-corrected chi connectivity index (χ0v) is 16.6. The fraction of sp³-hybridized carbons (Fsp3) is 0.412. The van der Waals surface area contributed by atoms with Crippen molar-refractivity contribution < 1.29 is 4.79 Å². The van der Waals surface area contributed by atoms with Crippen LogP contribution in [0.25, 0.3) is 11.0 Å². The number of hydrogen-bond acceptors (Lipinski definition) is 6. The van der Waals surface area contributed by atoms with E-state index in [1.165, 1.54) is 11.3 Å². The van der Waals surface area contributed by atoms with Gasteiger partial charge in [0.15, 0.2) is 0 Å². The predicted molar refractivity (Wildman–Crippen MR) is 107 cm³/mol. The first-order chi connectivity index (χ1) is 12.8. The maximum atomic E-state index is 12.5. The highest BCUT2D eigenvalue weighted by atomic mass is 32.1. The Morgan fingerprint density at radius 1 is 1.22 bits per heavy atom. The monoisotopic (exact) mass is 389 g/mol. The number of aromatic nitrogens is 4. The van der Waals surface area contributed by atoms with Gasteiger partial charge in [-0.1, -0.05) is 11.3 Å². The summed E-state index contributed by atoms with van der Waals surface area (Å²) in [6.45, 7) is 8.74. The maximum Gasteiger partial charge on any atom is 0.329 e. The number of benzene rings is 1. The van der Waals surface area contributed by atoms with Crippen LogP contribution in [0.3, 0.4) is 0 Å². The average Bonchev–Trinajstić information content (AvgIpc) is 3.15. The molecule has 0 bridgehead atoms. The summed E-state index contributed by atoms with van der Waals surface area (Å²) >= 11 is 1.23. The highest BCUT2D eigenvalue weighted by Gasteiger charge is 2.17. The lowest BCUT2D eigenvalue weighted by molar-refractivity contribution is 0.249. The number of aryl methyl sites for hydroxylation is 3. The molecule has 2 heterocycles. The van der Waals surface area contributed by atoms with E-state index in [1.807, 2.05) is 39.8 Å². The largest absolute Gasteiger partial charge is 0.374 e. The lowest BCUT2D eigenvalue weighted by Gasteiger charge is -2.14. The third kappa shape index (κ3) is 3.52. The van der Waals surface area contributed by atoms with Crippen molar-refractivity contribution in [1.82, 2.24) is 24.6 Å². The summed E-state index contributed by atoms with van der Waals surface area (Å²) in [6, 6.07) is 3.09. The van der Waals surface area contributed by atoms with Crippen LogP contribution in [0, 0.1) is 6.92 Å². The van der Waals surface area contributed by atoms with Crippen LogP contribution in [0.4, 0.5) is 15.6 Å². The first-order valence-electron chi connectivity index (χ1n) is 8.75. The third-order valence-electron chi connectivity index (χ3n) is 4.42. The molecule has 0 saturated carbocycles. The minimum absolute atomic E-state index is 0.0431. The third-order valence-corrected chi connectivity index (χ3v) is 5.36. The summed E-state index contributed by atoms with van der Waals surface area (Å²) in [6.07, 6.45) is 0. The molecule has 27 heavy (non-hydrogen) atoms. The van der Waals surface area contributed by atoms with E-state index in [2.05, 4.69) is 20.8 Å². The molecule has 1 atom stereocenters. The van der Waals surface area contributed by atoms with Crippen LogP contribution in [0.1, 0.15) is 37.4 Å². The molecule has 3 rings (SSSR count). The van der Waals surface area contributed by atoms with Gasteiger partial charge in [-0.05, 0) is 45.4 Å². The van der Waals surface area contributed by atoms with Crippen molar-refractivity contribution in [2.75, 3.05) is 11.1 Å². The van der Waals surface area contributed by atoms with Crippen molar-refractivity contribution in [2.45, 2.75) is 46.8 Å². The number of urea groups is 1. The molecular formula is C17H23N7O2S. The number of nitrogens with zero attached hydrogens (tertiary/aromatic N) is 4. The van der Waals surface area contributed by atoms with E-state index in [0.29, 0.717) is 28.9 Å². The molecule has 3 aromatic rings.